The first kappa shape index (κ1) is 18.6. The summed E-state index contributed by atoms with van der Waals surface area (Å²) in [5.41, 5.74) is 2.37. The smallest absolute Gasteiger partial charge is 0.223 e. The molecule has 2 aromatic rings. The molecule has 2 aliphatic carbocycles. The Bertz CT molecular complexity index is 796. The van der Waals surface area contributed by atoms with E-state index in [1.807, 2.05) is 12.1 Å². The van der Waals surface area contributed by atoms with Crippen LogP contribution in [0.25, 0.3) is 10.6 Å². The average Bonchev–Trinajstić information content (AvgIpc) is 3.34. The molecule has 2 heterocycles. The van der Waals surface area contributed by atoms with Crippen LogP contribution in [0.2, 0.25) is 0 Å². The van der Waals surface area contributed by atoms with Crippen LogP contribution in [-0.2, 0) is 17.6 Å². The van der Waals surface area contributed by atoms with Gasteiger partial charge < -0.3 is 10.2 Å². The Kier molecular flexibility index (Phi) is 5.28. The van der Waals surface area contributed by atoms with E-state index < -0.39 is 0 Å². The zero-order chi connectivity index (χ0) is 18.9. The topological polar surface area (TPSA) is 58.1 Å². The van der Waals surface area contributed by atoms with E-state index in [-0.39, 0.29) is 17.4 Å². The first-order chi connectivity index (χ1) is 13.1. The van der Waals surface area contributed by atoms with Gasteiger partial charge in [-0.1, -0.05) is 12.8 Å². The van der Waals surface area contributed by atoms with Crippen molar-refractivity contribution in [3.05, 3.63) is 35.1 Å². The molecule has 6 heteroatoms. The highest BCUT2D eigenvalue weighted by molar-refractivity contribution is 7.15. The fourth-order valence-electron chi connectivity index (χ4n) is 4.43. The van der Waals surface area contributed by atoms with Gasteiger partial charge >= 0.3 is 0 Å². The van der Waals surface area contributed by atoms with Gasteiger partial charge in [0.1, 0.15) is 5.01 Å². The number of aromatic nitrogens is 2. The molecule has 1 saturated carbocycles. The minimum Gasteiger partial charge on any atom is -0.354 e. The standard InChI is InChI=1S/C21H28N4OS/c1-25(2)21(9-3-4-10-21)14-23-19(26)16-5-6-18-17(13-16)24-20(27-18)15-7-11-22-12-8-15/h7-8,11-12,16H,3-6,9-10,13-14H2,1-2H3,(H,23,26). The van der Waals surface area contributed by atoms with E-state index >= 15 is 0 Å². The highest BCUT2D eigenvalue weighted by Crippen LogP contribution is 2.35. The minimum absolute atomic E-state index is 0.0468. The Balaban J connectivity index is 1.40. The molecule has 0 saturated heterocycles. The number of thiazole rings is 1. The maximum atomic E-state index is 12.8. The second-order valence-electron chi connectivity index (χ2n) is 8.11. The van der Waals surface area contributed by atoms with Gasteiger partial charge in [-0.25, -0.2) is 4.98 Å². The lowest BCUT2D eigenvalue weighted by molar-refractivity contribution is -0.126. The summed E-state index contributed by atoms with van der Waals surface area (Å²) in [5, 5.41) is 4.32. The van der Waals surface area contributed by atoms with Crippen LogP contribution in [0.1, 0.15) is 42.7 Å². The van der Waals surface area contributed by atoms with Gasteiger partial charge in [0.25, 0.3) is 0 Å². The molecule has 5 nitrogen and oxygen atoms in total. The summed E-state index contributed by atoms with van der Waals surface area (Å²) in [6.07, 6.45) is 11.1. The number of fused-ring (bicyclic) bond motifs is 1. The molecular weight excluding hydrogens is 356 g/mol. The van der Waals surface area contributed by atoms with Crippen molar-refractivity contribution in [2.75, 3.05) is 20.6 Å². The number of aryl methyl sites for hydroxylation is 1. The Morgan fingerprint density at radius 2 is 2.04 bits per heavy atom. The molecule has 144 valence electrons. The lowest BCUT2D eigenvalue weighted by Crippen LogP contribution is -2.52. The predicted octanol–water partition coefficient (Wildman–Crippen LogP) is 3.30. The van der Waals surface area contributed by atoms with Crippen LogP contribution < -0.4 is 5.32 Å². The molecule has 1 fully saturated rings. The van der Waals surface area contributed by atoms with Gasteiger partial charge in [0.15, 0.2) is 0 Å². The monoisotopic (exact) mass is 384 g/mol. The molecule has 4 rings (SSSR count). The Labute approximate surface area is 165 Å². The third-order valence-corrected chi connectivity index (χ3v) is 7.52. The van der Waals surface area contributed by atoms with Crippen molar-refractivity contribution >= 4 is 17.2 Å². The Hall–Kier alpha value is -1.79. The Morgan fingerprint density at radius 1 is 1.30 bits per heavy atom. The number of nitrogens with zero attached hydrogens (tertiary/aromatic N) is 3. The van der Waals surface area contributed by atoms with Gasteiger partial charge in [-0.2, -0.15) is 0 Å². The fourth-order valence-corrected chi connectivity index (χ4v) is 5.54. The second kappa shape index (κ2) is 7.68. The average molecular weight is 385 g/mol. The van der Waals surface area contributed by atoms with Crippen LogP contribution in [-0.4, -0.2) is 47.0 Å². The second-order valence-corrected chi connectivity index (χ2v) is 9.19. The van der Waals surface area contributed by atoms with Crippen LogP contribution in [0.4, 0.5) is 0 Å². The van der Waals surface area contributed by atoms with E-state index in [4.69, 9.17) is 4.98 Å². The molecule has 27 heavy (non-hydrogen) atoms. The lowest BCUT2D eigenvalue weighted by atomic mass is 9.89. The van der Waals surface area contributed by atoms with Crippen LogP contribution in [0.3, 0.4) is 0 Å². The molecule has 0 spiro atoms. The quantitative estimate of drug-likeness (QED) is 0.859. The van der Waals surface area contributed by atoms with Crippen LogP contribution in [0.15, 0.2) is 24.5 Å². The van der Waals surface area contributed by atoms with Crippen molar-refractivity contribution in [3.63, 3.8) is 0 Å². The van der Waals surface area contributed by atoms with Gasteiger partial charge in [-0.3, -0.25) is 9.78 Å². The van der Waals surface area contributed by atoms with Gasteiger partial charge in [0.05, 0.1) is 5.69 Å². The zero-order valence-corrected chi connectivity index (χ0v) is 17.0. The predicted molar refractivity (Wildman–Crippen MR) is 109 cm³/mol. The molecular formula is C21H28N4OS. The highest BCUT2D eigenvalue weighted by atomic mass is 32.1. The third-order valence-electron chi connectivity index (χ3n) is 6.31. The maximum Gasteiger partial charge on any atom is 0.223 e. The van der Waals surface area contributed by atoms with E-state index in [0.717, 1.165) is 42.1 Å². The molecule has 1 atom stereocenters. The molecule has 1 unspecified atom stereocenters. The van der Waals surface area contributed by atoms with Gasteiger partial charge in [-0.15, -0.1) is 11.3 Å². The molecule has 0 aromatic carbocycles. The molecule has 0 radical (unpaired) electrons. The first-order valence-electron chi connectivity index (χ1n) is 9.91. The van der Waals surface area contributed by atoms with Crippen molar-refractivity contribution in [2.24, 2.45) is 5.92 Å². The largest absolute Gasteiger partial charge is 0.354 e. The van der Waals surface area contributed by atoms with Crippen LogP contribution >= 0.6 is 11.3 Å². The van der Waals surface area contributed by atoms with Gasteiger partial charge in [0.2, 0.25) is 5.91 Å². The number of likely N-dealkylation sites (N-methyl/N-ethyl adjacent to an activating group) is 1. The van der Waals surface area contributed by atoms with Crippen molar-refractivity contribution in [2.45, 2.75) is 50.5 Å². The molecule has 0 aliphatic heterocycles. The van der Waals surface area contributed by atoms with E-state index in [1.165, 1.54) is 30.6 Å². The molecule has 2 aromatic heterocycles. The van der Waals surface area contributed by atoms with Crippen LogP contribution in [0, 0.1) is 5.92 Å². The summed E-state index contributed by atoms with van der Waals surface area (Å²) < 4.78 is 0. The number of pyridine rings is 1. The summed E-state index contributed by atoms with van der Waals surface area (Å²) in [4.78, 5) is 25.4. The Morgan fingerprint density at radius 3 is 2.74 bits per heavy atom. The SMILES string of the molecule is CN(C)C1(CNC(=O)C2CCc3sc(-c4ccncc4)nc3C2)CCCC1. The van der Waals surface area contributed by atoms with Crippen molar-refractivity contribution in [1.82, 2.24) is 20.2 Å². The summed E-state index contributed by atoms with van der Waals surface area (Å²) in [6.45, 7) is 0.765. The number of carbonyl (C=O) groups excluding carboxylic acids is 1. The van der Waals surface area contributed by atoms with Crippen LogP contribution in [0.5, 0.6) is 0 Å². The summed E-state index contributed by atoms with van der Waals surface area (Å²) in [6, 6.07) is 3.99. The first-order valence-corrected chi connectivity index (χ1v) is 10.7. The van der Waals surface area contributed by atoms with E-state index in [2.05, 4.69) is 29.3 Å². The highest BCUT2D eigenvalue weighted by Gasteiger charge is 2.37. The van der Waals surface area contributed by atoms with Gasteiger partial charge in [-0.05, 0) is 51.9 Å². The lowest BCUT2D eigenvalue weighted by Gasteiger charge is -2.37. The molecule has 0 bridgehead atoms. The number of nitrogens with one attached hydrogen (secondary N) is 1. The number of carbonyl (C=O) groups is 1. The number of hydrogen-bond donors (Lipinski definition) is 1. The molecule has 1 amide bonds. The normalized spacial score (nSPS) is 21.2. The molecule has 1 N–H and O–H groups in total. The summed E-state index contributed by atoms with van der Waals surface area (Å²) in [5.74, 6) is 0.248. The van der Waals surface area contributed by atoms with Crippen molar-refractivity contribution in [1.29, 1.82) is 0 Å². The number of hydrogen-bond acceptors (Lipinski definition) is 5. The maximum absolute atomic E-state index is 12.8. The number of rotatable bonds is 5. The number of amides is 1. The fraction of sp³-hybridized carbons (Fsp3) is 0.571. The van der Waals surface area contributed by atoms with E-state index in [9.17, 15) is 4.79 Å². The van der Waals surface area contributed by atoms with E-state index in [1.54, 1.807) is 23.7 Å². The minimum atomic E-state index is 0.0468. The summed E-state index contributed by atoms with van der Waals surface area (Å²) >= 11 is 1.76. The van der Waals surface area contributed by atoms with E-state index in [0.29, 0.717) is 0 Å². The third kappa shape index (κ3) is 3.78. The zero-order valence-electron chi connectivity index (χ0n) is 16.2. The summed E-state index contributed by atoms with van der Waals surface area (Å²) in [7, 11) is 4.28. The van der Waals surface area contributed by atoms with Crippen molar-refractivity contribution < 1.29 is 4.79 Å². The van der Waals surface area contributed by atoms with Gasteiger partial charge in [0, 0.05) is 47.3 Å². The molecule has 2 aliphatic rings. The van der Waals surface area contributed by atoms with Crippen molar-refractivity contribution in [3.8, 4) is 10.6 Å².